The van der Waals surface area contributed by atoms with E-state index >= 15 is 0 Å². The van der Waals surface area contributed by atoms with Crippen LogP contribution in [0.5, 0.6) is 0 Å². The minimum absolute atomic E-state index is 0.519. The molecular formula is C11H13N3S. The van der Waals surface area contributed by atoms with Gasteiger partial charge < -0.3 is 11.1 Å². The molecule has 0 amide bonds. The number of thioether (sulfide) groups is 1. The lowest BCUT2D eigenvalue weighted by Crippen LogP contribution is -2.18. The maximum absolute atomic E-state index is 8.71. The zero-order chi connectivity index (χ0) is 10.7. The van der Waals surface area contributed by atoms with Crippen molar-refractivity contribution in [2.45, 2.75) is 12.5 Å². The Morgan fingerprint density at radius 3 is 3.00 bits per heavy atom. The highest BCUT2D eigenvalue weighted by Gasteiger charge is 2.15. The van der Waals surface area contributed by atoms with Crippen molar-refractivity contribution in [1.82, 2.24) is 0 Å². The predicted molar refractivity (Wildman–Crippen MR) is 64.9 cm³/mol. The Hall–Kier alpha value is -1.34. The number of nitrogens with one attached hydrogen (secondary N) is 1. The van der Waals surface area contributed by atoms with E-state index in [-0.39, 0.29) is 0 Å². The van der Waals surface area contributed by atoms with Gasteiger partial charge in [-0.15, -0.1) is 0 Å². The van der Waals surface area contributed by atoms with Gasteiger partial charge in [0.25, 0.3) is 0 Å². The molecule has 15 heavy (non-hydrogen) atoms. The van der Waals surface area contributed by atoms with Crippen LogP contribution in [0.25, 0.3) is 0 Å². The van der Waals surface area contributed by atoms with Crippen LogP contribution in [0.4, 0.5) is 11.4 Å². The van der Waals surface area contributed by atoms with Crippen molar-refractivity contribution in [1.29, 1.82) is 5.26 Å². The molecule has 1 heterocycles. The molecule has 0 aliphatic carbocycles. The second-order valence-corrected chi connectivity index (χ2v) is 4.77. The van der Waals surface area contributed by atoms with Crippen LogP contribution in [-0.2, 0) is 0 Å². The Morgan fingerprint density at radius 1 is 1.53 bits per heavy atom. The summed E-state index contributed by atoms with van der Waals surface area (Å²) in [5.41, 5.74) is 8.07. The van der Waals surface area contributed by atoms with Crippen LogP contribution in [-0.4, -0.2) is 17.5 Å². The molecule has 0 saturated carbocycles. The van der Waals surface area contributed by atoms with Gasteiger partial charge in [0.1, 0.15) is 0 Å². The van der Waals surface area contributed by atoms with Crippen molar-refractivity contribution in [2.75, 3.05) is 22.6 Å². The molecule has 1 aromatic rings. The quantitative estimate of drug-likeness (QED) is 0.747. The molecule has 3 nitrogen and oxygen atoms in total. The van der Waals surface area contributed by atoms with Crippen molar-refractivity contribution in [3.8, 4) is 6.07 Å². The highest BCUT2D eigenvalue weighted by molar-refractivity contribution is 7.99. The van der Waals surface area contributed by atoms with Crippen LogP contribution >= 0.6 is 11.8 Å². The smallest absolute Gasteiger partial charge is 0.0992 e. The molecule has 1 aliphatic rings. The summed E-state index contributed by atoms with van der Waals surface area (Å²) < 4.78 is 0. The average molecular weight is 219 g/mol. The van der Waals surface area contributed by atoms with Gasteiger partial charge in [0.15, 0.2) is 0 Å². The molecule has 1 aromatic carbocycles. The van der Waals surface area contributed by atoms with Gasteiger partial charge >= 0.3 is 0 Å². The fourth-order valence-electron chi connectivity index (χ4n) is 1.63. The molecule has 1 aliphatic heterocycles. The zero-order valence-corrected chi connectivity index (χ0v) is 9.18. The van der Waals surface area contributed by atoms with Gasteiger partial charge in [0, 0.05) is 11.8 Å². The fraction of sp³-hybridized carbons (Fsp3) is 0.364. The number of rotatable bonds is 2. The number of nitrogens with zero attached hydrogens (tertiary/aromatic N) is 1. The van der Waals surface area contributed by atoms with Gasteiger partial charge in [0.2, 0.25) is 0 Å². The Morgan fingerprint density at radius 2 is 2.40 bits per heavy atom. The molecule has 4 heteroatoms. The normalized spacial score (nSPS) is 19.8. The third kappa shape index (κ3) is 2.37. The fourth-order valence-corrected chi connectivity index (χ4v) is 2.78. The first kappa shape index (κ1) is 10.2. The van der Waals surface area contributed by atoms with E-state index in [4.69, 9.17) is 11.0 Å². The highest BCUT2D eigenvalue weighted by atomic mass is 32.2. The van der Waals surface area contributed by atoms with Gasteiger partial charge in [-0.25, -0.2) is 0 Å². The lowest BCUT2D eigenvalue weighted by molar-refractivity contribution is 0.813. The molecule has 0 radical (unpaired) electrons. The third-order valence-corrected chi connectivity index (χ3v) is 3.63. The molecule has 1 unspecified atom stereocenters. The summed E-state index contributed by atoms with van der Waals surface area (Å²) in [6.45, 7) is 0. The molecule has 0 bridgehead atoms. The van der Waals surface area contributed by atoms with Gasteiger partial charge in [0.05, 0.1) is 23.0 Å². The summed E-state index contributed by atoms with van der Waals surface area (Å²) in [5.74, 6) is 2.35. The van der Waals surface area contributed by atoms with E-state index in [1.54, 1.807) is 12.1 Å². The maximum Gasteiger partial charge on any atom is 0.0992 e. The molecule has 0 aromatic heterocycles. The largest absolute Gasteiger partial charge is 0.397 e. The van der Waals surface area contributed by atoms with Crippen LogP contribution < -0.4 is 11.1 Å². The van der Waals surface area contributed by atoms with Crippen molar-refractivity contribution < 1.29 is 0 Å². The standard InChI is InChI=1S/C11H13N3S/c12-6-8-1-2-11(10(13)5-8)14-9-3-4-15-7-9/h1-2,5,9,14H,3-4,7,13H2. The predicted octanol–water partition coefficient (Wildman–Crippen LogP) is 2.06. The lowest BCUT2D eigenvalue weighted by Gasteiger charge is -2.14. The van der Waals surface area contributed by atoms with Crippen LogP contribution in [0.15, 0.2) is 18.2 Å². The van der Waals surface area contributed by atoms with E-state index in [1.807, 2.05) is 17.8 Å². The van der Waals surface area contributed by atoms with Crippen molar-refractivity contribution >= 4 is 23.1 Å². The van der Waals surface area contributed by atoms with Gasteiger partial charge in [-0.1, -0.05) is 0 Å². The lowest BCUT2D eigenvalue weighted by atomic mass is 10.1. The molecule has 2 rings (SSSR count). The second kappa shape index (κ2) is 4.45. The summed E-state index contributed by atoms with van der Waals surface area (Å²) in [4.78, 5) is 0. The Labute approximate surface area is 93.7 Å². The molecule has 0 spiro atoms. The Balaban J connectivity index is 2.11. The number of benzene rings is 1. The Bertz CT molecular complexity index is 391. The summed E-state index contributed by atoms with van der Waals surface area (Å²) in [5, 5.41) is 12.1. The molecular weight excluding hydrogens is 206 g/mol. The van der Waals surface area contributed by atoms with Crippen LogP contribution in [0.3, 0.4) is 0 Å². The summed E-state index contributed by atoms with van der Waals surface area (Å²) in [7, 11) is 0. The van der Waals surface area contributed by atoms with E-state index in [0.29, 0.717) is 17.3 Å². The van der Waals surface area contributed by atoms with Crippen LogP contribution in [0.1, 0.15) is 12.0 Å². The zero-order valence-electron chi connectivity index (χ0n) is 8.36. The first-order chi connectivity index (χ1) is 7.29. The minimum Gasteiger partial charge on any atom is -0.397 e. The van der Waals surface area contributed by atoms with Crippen molar-refractivity contribution in [2.24, 2.45) is 0 Å². The highest BCUT2D eigenvalue weighted by Crippen LogP contribution is 2.25. The summed E-state index contributed by atoms with van der Waals surface area (Å²) >= 11 is 1.96. The van der Waals surface area contributed by atoms with E-state index in [1.165, 1.54) is 12.2 Å². The molecule has 3 N–H and O–H groups in total. The number of hydrogen-bond acceptors (Lipinski definition) is 4. The molecule has 1 saturated heterocycles. The van der Waals surface area contributed by atoms with Gasteiger partial charge in [-0.05, 0) is 30.4 Å². The van der Waals surface area contributed by atoms with Crippen molar-refractivity contribution in [3.05, 3.63) is 23.8 Å². The number of nitrogens with two attached hydrogens (primary N) is 1. The van der Waals surface area contributed by atoms with E-state index in [2.05, 4.69) is 11.4 Å². The van der Waals surface area contributed by atoms with E-state index in [9.17, 15) is 0 Å². The average Bonchev–Trinajstić information content (AvgIpc) is 2.74. The topological polar surface area (TPSA) is 61.8 Å². The second-order valence-electron chi connectivity index (χ2n) is 3.62. The SMILES string of the molecule is N#Cc1ccc(NC2CCSC2)c(N)c1. The first-order valence-corrected chi connectivity index (χ1v) is 6.09. The minimum atomic E-state index is 0.519. The maximum atomic E-state index is 8.71. The molecule has 78 valence electrons. The number of nitriles is 1. The Kier molecular flexibility index (Phi) is 3.02. The summed E-state index contributed by atoms with van der Waals surface area (Å²) in [6.07, 6.45) is 1.18. The van der Waals surface area contributed by atoms with E-state index in [0.717, 1.165) is 11.4 Å². The van der Waals surface area contributed by atoms with Crippen LogP contribution in [0.2, 0.25) is 0 Å². The van der Waals surface area contributed by atoms with E-state index < -0.39 is 0 Å². The molecule has 1 atom stereocenters. The monoisotopic (exact) mass is 219 g/mol. The number of nitrogen functional groups attached to an aromatic ring is 1. The van der Waals surface area contributed by atoms with Crippen molar-refractivity contribution in [3.63, 3.8) is 0 Å². The van der Waals surface area contributed by atoms with Crippen LogP contribution in [0, 0.1) is 11.3 Å². The third-order valence-electron chi connectivity index (χ3n) is 2.47. The van der Waals surface area contributed by atoms with Gasteiger partial charge in [-0.2, -0.15) is 17.0 Å². The van der Waals surface area contributed by atoms with Gasteiger partial charge in [-0.3, -0.25) is 0 Å². The first-order valence-electron chi connectivity index (χ1n) is 4.93. The molecule has 1 fully saturated rings. The summed E-state index contributed by atoms with van der Waals surface area (Å²) in [6, 6.07) is 7.99. The number of anilines is 2. The number of hydrogen-bond donors (Lipinski definition) is 2.